The Labute approximate surface area is 164 Å². The summed E-state index contributed by atoms with van der Waals surface area (Å²) < 4.78 is 4.79. The van der Waals surface area contributed by atoms with Crippen molar-refractivity contribution in [2.24, 2.45) is 16.2 Å². The van der Waals surface area contributed by atoms with E-state index in [2.05, 4.69) is 34.6 Å². The maximum atomic E-state index is 12.0. The van der Waals surface area contributed by atoms with Crippen LogP contribution in [-0.4, -0.2) is 31.6 Å². The van der Waals surface area contributed by atoms with Crippen LogP contribution in [0.1, 0.15) is 36.0 Å². The zero-order valence-corrected chi connectivity index (χ0v) is 16.3. The van der Waals surface area contributed by atoms with Gasteiger partial charge in [0.05, 0.1) is 12.8 Å². The highest BCUT2D eigenvalue weighted by Crippen LogP contribution is 2.48. The van der Waals surface area contributed by atoms with Crippen LogP contribution in [-0.2, 0) is 25.8 Å². The van der Waals surface area contributed by atoms with E-state index in [1.54, 1.807) is 6.07 Å². The van der Waals surface area contributed by atoms with Gasteiger partial charge in [0, 0.05) is 17.0 Å². The Morgan fingerprint density at radius 3 is 2.46 bits per heavy atom. The molecule has 0 bridgehead atoms. The quantitative estimate of drug-likeness (QED) is 0.396. The standard InChI is InChI=1S/C22H24N2O4/c1-15(19-13-20(19)16-9-5-4-6-10-16)23-28-14-17-11-7-8-12-18(17)21(24-27-3)22(25)26-2/h4-12,19-20H,13-14H2,1-3H3. The minimum atomic E-state index is -0.572. The number of nitrogens with zero attached hydrogens (tertiary/aromatic N) is 2. The number of hydrogen-bond donors (Lipinski definition) is 0. The molecule has 2 aromatic rings. The molecule has 1 aliphatic carbocycles. The van der Waals surface area contributed by atoms with E-state index in [4.69, 9.17) is 14.4 Å². The van der Waals surface area contributed by atoms with Gasteiger partial charge in [0.2, 0.25) is 0 Å². The number of hydrogen-bond acceptors (Lipinski definition) is 6. The molecule has 0 aliphatic heterocycles. The van der Waals surface area contributed by atoms with Gasteiger partial charge in [-0.1, -0.05) is 64.9 Å². The first kappa shape index (κ1) is 19.6. The minimum Gasteiger partial charge on any atom is -0.464 e. The van der Waals surface area contributed by atoms with Crippen LogP contribution >= 0.6 is 0 Å². The fraction of sp³-hybridized carbons (Fsp3) is 0.318. The van der Waals surface area contributed by atoms with Crippen molar-refractivity contribution in [1.29, 1.82) is 0 Å². The fourth-order valence-corrected chi connectivity index (χ4v) is 3.26. The van der Waals surface area contributed by atoms with Crippen LogP contribution < -0.4 is 0 Å². The monoisotopic (exact) mass is 380 g/mol. The third-order valence-electron chi connectivity index (χ3n) is 4.82. The fourth-order valence-electron chi connectivity index (χ4n) is 3.26. The van der Waals surface area contributed by atoms with Gasteiger partial charge in [-0.25, -0.2) is 4.79 Å². The molecular formula is C22H24N2O4. The van der Waals surface area contributed by atoms with Gasteiger partial charge in [-0.2, -0.15) is 0 Å². The van der Waals surface area contributed by atoms with E-state index in [9.17, 15) is 4.79 Å². The summed E-state index contributed by atoms with van der Waals surface area (Å²) in [5, 5.41) is 8.10. The molecule has 0 amide bonds. The first-order valence-corrected chi connectivity index (χ1v) is 9.14. The van der Waals surface area contributed by atoms with Crippen molar-refractivity contribution in [3.63, 3.8) is 0 Å². The Kier molecular flexibility index (Phi) is 6.42. The van der Waals surface area contributed by atoms with E-state index < -0.39 is 5.97 Å². The van der Waals surface area contributed by atoms with Crippen LogP contribution in [0.25, 0.3) is 0 Å². The lowest BCUT2D eigenvalue weighted by atomic mass is 10.0. The van der Waals surface area contributed by atoms with Crippen LogP contribution in [0.15, 0.2) is 64.9 Å². The second-order valence-electron chi connectivity index (χ2n) is 6.64. The van der Waals surface area contributed by atoms with Crippen LogP contribution in [0.2, 0.25) is 0 Å². The van der Waals surface area contributed by atoms with E-state index in [1.165, 1.54) is 19.8 Å². The van der Waals surface area contributed by atoms with E-state index in [1.807, 2.05) is 31.2 Å². The first-order chi connectivity index (χ1) is 13.7. The Morgan fingerprint density at radius 2 is 1.75 bits per heavy atom. The van der Waals surface area contributed by atoms with Gasteiger partial charge in [0.25, 0.3) is 0 Å². The summed E-state index contributed by atoms with van der Waals surface area (Å²) in [7, 11) is 2.69. The zero-order chi connectivity index (χ0) is 19.9. The maximum absolute atomic E-state index is 12.0. The molecule has 2 atom stereocenters. The number of rotatable bonds is 8. The summed E-state index contributed by atoms with van der Waals surface area (Å²) in [6, 6.07) is 17.8. The number of esters is 1. The molecule has 6 nitrogen and oxygen atoms in total. The van der Waals surface area contributed by atoms with E-state index >= 15 is 0 Å². The van der Waals surface area contributed by atoms with Gasteiger partial charge in [-0.3, -0.25) is 0 Å². The highest BCUT2D eigenvalue weighted by molar-refractivity contribution is 6.43. The largest absolute Gasteiger partial charge is 0.464 e. The van der Waals surface area contributed by atoms with Crippen molar-refractivity contribution in [2.75, 3.05) is 14.2 Å². The topological polar surface area (TPSA) is 69.5 Å². The molecule has 6 heteroatoms. The lowest BCUT2D eigenvalue weighted by Gasteiger charge is -2.10. The highest BCUT2D eigenvalue weighted by atomic mass is 16.6. The van der Waals surface area contributed by atoms with Crippen molar-refractivity contribution in [3.05, 3.63) is 71.3 Å². The summed E-state index contributed by atoms with van der Waals surface area (Å²) in [6.45, 7) is 2.21. The summed E-state index contributed by atoms with van der Waals surface area (Å²) in [4.78, 5) is 22.4. The molecule has 0 N–H and O–H groups in total. The third-order valence-corrected chi connectivity index (χ3v) is 4.82. The first-order valence-electron chi connectivity index (χ1n) is 9.14. The van der Waals surface area contributed by atoms with E-state index in [-0.39, 0.29) is 12.3 Å². The summed E-state index contributed by atoms with van der Waals surface area (Å²) >= 11 is 0. The Hall–Kier alpha value is -3.15. The normalized spacial score (nSPS) is 19.1. The second-order valence-corrected chi connectivity index (χ2v) is 6.64. The van der Waals surface area contributed by atoms with E-state index in [0.29, 0.717) is 17.4 Å². The smallest absolute Gasteiger partial charge is 0.360 e. The van der Waals surface area contributed by atoms with Crippen LogP contribution in [0.5, 0.6) is 0 Å². The van der Waals surface area contributed by atoms with Crippen LogP contribution in [0, 0.1) is 5.92 Å². The number of ether oxygens (including phenoxy) is 1. The van der Waals surface area contributed by atoms with Crippen LogP contribution in [0.3, 0.4) is 0 Å². The number of carbonyl (C=O) groups excluding carboxylic acids is 1. The lowest BCUT2D eigenvalue weighted by molar-refractivity contribution is -0.132. The van der Waals surface area contributed by atoms with Crippen molar-refractivity contribution in [2.45, 2.75) is 25.9 Å². The molecule has 1 aliphatic rings. The number of oxime groups is 2. The van der Waals surface area contributed by atoms with Gasteiger partial charge in [-0.15, -0.1) is 0 Å². The number of carbonyl (C=O) groups is 1. The van der Waals surface area contributed by atoms with Crippen LogP contribution in [0.4, 0.5) is 0 Å². The van der Waals surface area contributed by atoms with E-state index in [0.717, 1.165) is 17.7 Å². The van der Waals surface area contributed by atoms with Gasteiger partial charge in [-0.05, 0) is 24.8 Å². The molecule has 28 heavy (non-hydrogen) atoms. The third kappa shape index (κ3) is 4.57. The summed E-state index contributed by atoms with van der Waals surface area (Å²) in [5.41, 5.74) is 3.78. The molecule has 0 aromatic heterocycles. The van der Waals surface area contributed by atoms with Gasteiger partial charge in [0.15, 0.2) is 5.71 Å². The average Bonchev–Trinajstić information content (AvgIpc) is 3.54. The zero-order valence-electron chi connectivity index (χ0n) is 16.3. The Balaban J connectivity index is 1.66. The van der Waals surface area contributed by atoms with Crippen molar-refractivity contribution in [1.82, 2.24) is 0 Å². The highest BCUT2D eigenvalue weighted by Gasteiger charge is 2.40. The molecule has 2 unspecified atom stereocenters. The molecule has 146 valence electrons. The minimum absolute atomic E-state index is 0.0937. The van der Waals surface area contributed by atoms with Crippen molar-refractivity contribution in [3.8, 4) is 0 Å². The van der Waals surface area contributed by atoms with Crippen molar-refractivity contribution < 1.29 is 19.2 Å². The molecule has 0 saturated heterocycles. The predicted octanol–water partition coefficient (Wildman–Crippen LogP) is 3.91. The Bertz CT molecular complexity index is 877. The molecule has 3 rings (SSSR count). The maximum Gasteiger partial charge on any atom is 0.360 e. The van der Waals surface area contributed by atoms with Gasteiger partial charge < -0.3 is 14.4 Å². The molecule has 0 radical (unpaired) electrons. The summed E-state index contributed by atoms with van der Waals surface area (Å²) in [6.07, 6.45) is 1.09. The summed E-state index contributed by atoms with van der Waals surface area (Å²) in [5.74, 6) is 0.358. The molecule has 1 saturated carbocycles. The predicted molar refractivity (Wildman–Crippen MR) is 107 cm³/mol. The average molecular weight is 380 g/mol. The molecule has 0 spiro atoms. The van der Waals surface area contributed by atoms with Crippen molar-refractivity contribution >= 4 is 17.4 Å². The molecule has 0 heterocycles. The molecule has 1 fully saturated rings. The number of benzene rings is 2. The Morgan fingerprint density at radius 1 is 1.04 bits per heavy atom. The van der Waals surface area contributed by atoms with Gasteiger partial charge in [0.1, 0.15) is 13.7 Å². The molecule has 2 aromatic carbocycles. The van der Waals surface area contributed by atoms with Gasteiger partial charge >= 0.3 is 5.97 Å². The SMILES string of the molecule is CON=C(C(=O)OC)c1ccccc1CON=C(C)C1CC1c1ccccc1. The second kappa shape index (κ2) is 9.17. The molecular weight excluding hydrogens is 356 g/mol. The number of methoxy groups -OCH3 is 1. The lowest BCUT2D eigenvalue weighted by Crippen LogP contribution is -2.19.